The molecule has 1 aromatic carbocycles. The third kappa shape index (κ3) is 4.94. The first-order chi connectivity index (χ1) is 8.46. The van der Waals surface area contributed by atoms with E-state index in [0.717, 1.165) is 10.6 Å². The number of methoxy groups -OCH3 is 1. The Labute approximate surface area is 114 Å². The van der Waals surface area contributed by atoms with Crippen LogP contribution in [0.25, 0.3) is 0 Å². The van der Waals surface area contributed by atoms with Gasteiger partial charge in [0.15, 0.2) is 0 Å². The fourth-order valence-electron chi connectivity index (χ4n) is 1.72. The molecule has 0 amide bonds. The molecule has 102 valence electrons. The largest absolute Gasteiger partial charge is 0.389 e. The Hall–Kier alpha value is -0.610. The molecule has 0 fully saturated rings. The van der Waals surface area contributed by atoms with Crippen LogP contribution in [0.5, 0.6) is 0 Å². The third-order valence-corrected chi connectivity index (χ3v) is 3.35. The van der Waals surface area contributed by atoms with Gasteiger partial charge < -0.3 is 15.2 Å². The lowest BCUT2D eigenvalue weighted by molar-refractivity contribution is 0.0231. The smallest absolute Gasteiger partial charge is 0.0765 e. The summed E-state index contributed by atoms with van der Waals surface area (Å²) in [6, 6.07) is 7.84. The minimum absolute atomic E-state index is 0.104. The van der Waals surface area contributed by atoms with Gasteiger partial charge in [-0.05, 0) is 25.5 Å². The number of halogens is 1. The molecule has 2 atom stereocenters. The average molecular weight is 272 g/mol. The molecule has 0 bridgehead atoms. The summed E-state index contributed by atoms with van der Waals surface area (Å²) in [7, 11) is 1.63. The van der Waals surface area contributed by atoms with Crippen LogP contribution in [0.1, 0.15) is 31.9 Å². The Bertz CT molecular complexity index is 369. The molecule has 18 heavy (non-hydrogen) atoms. The van der Waals surface area contributed by atoms with Gasteiger partial charge in [0.2, 0.25) is 0 Å². The highest BCUT2D eigenvalue weighted by molar-refractivity contribution is 6.31. The monoisotopic (exact) mass is 271 g/mol. The highest BCUT2D eigenvalue weighted by Crippen LogP contribution is 2.22. The van der Waals surface area contributed by atoms with Gasteiger partial charge in [-0.3, -0.25) is 0 Å². The molecule has 0 aliphatic heterocycles. The summed E-state index contributed by atoms with van der Waals surface area (Å²) in [5.41, 5.74) is 0.271. The summed E-state index contributed by atoms with van der Waals surface area (Å²) in [4.78, 5) is 0. The topological polar surface area (TPSA) is 41.5 Å². The Kier molecular flexibility index (Phi) is 6.09. The Morgan fingerprint density at radius 3 is 2.72 bits per heavy atom. The van der Waals surface area contributed by atoms with Crippen LogP contribution in [0.4, 0.5) is 0 Å². The van der Waals surface area contributed by atoms with Gasteiger partial charge in [-0.2, -0.15) is 0 Å². The fraction of sp³-hybridized carbons (Fsp3) is 0.571. The van der Waals surface area contributed by atoms with Crippen molar-refractivity contribution in [2.45, 2.75) is 31.9 Å². The highest BCUT2D eigenvalue weighted by atomic mass is 35.5. The number of hydrogen-bond acceptors (Lipinski definition) is 3. The second kappa shape index (κ2) is 7.10. The minimum atomic E-state index is -0.772. The van der Waals surface area contributed by atoms with Gasteiger partial charge in [-0.15, -0.1) is 0 Å². The van der Waals surface area contributed by atoms with Crippen LogP contribution in [0.2, 0.25) is 5.02 Å². The predicted molar refractivity (Wildman–Crippen MR) is 75.0 cm³/mol. The van der Waals surface area contributed by atoms with Crippen molar-refractivity contribution in [2.75, 3.05) is 20.3 Å². The van der Waals surface area contributed by atoms with Gasteiger partial charge in [-0.1, -0.05) is 29.8 Å². The van der Waals surface area contributed by atoms with E-state index in [0.29, 0.717) is 19.6 Å². The summed E-state index contributed by atoms with van der Waals surface area (Å²) < 4.78 is 4.98. The molecule has 0 saturated carbocycles. The van der Waals surface area contributed by atoms with Crippen LogP contribution in [-0.2, 0) is 4.74 Å². The average Bonchev–Trinajstić information content (AvgIpc) is 2.34. The zero-order chi connectivity index (χ0) is 13.6. The summed E-state index contributed by atoms with van der Waals surface area (Å²) in [6.07, 6.45) is 0.603. The van der Waals surface area contributed by atoms with Crippen LogP contribution in [0.15, 0.2) is 24.3 Å². The van der Waals surface area contributed by atoms with Crippen LogP contribution in [0.3, 0.4) is 0 Å². The van der Waals surface area contributed by atoms with Crippen LogP contribution in [0, 0.1) is 0 Å². The molecule has 3 nitrogen and oxygen atoms in total. The van der Waals surface area contributed by atoms with E-state index in [1.165, 1.54) is 0 Å². The molecule has 0 aliphatic rings. The van der Waals surface area contributed by atoms with Crippen molar-refractivity contribution in [3.05, 3.63) is 34.9 Å². The lowest BCUT2D eigenvalue weighted by atomic mass is 10.0. The van der Waals surface area contributed by atoms with Crippen molar-refractivity contribution in [2.24, 2.45) is 0 Å². The summed E-state index contributed by atoms with van der Waals surface area (Å²) in [5.74, 6) is 0. The molecule has 0 aliphatic carbocycles. The summed E-state index contributed by atoms with van der Waals surface area (Å²) in [5, 5.41) is 14.2. The van der Waals surface area contributed by atoms with E-state index < -0.39 is 5.60 Å². The lowest BCUT2D eigenvalue weighted by Gasteiger charge is -2.26. The van der Waals surface area contributed by atoms with Gasteiger partial charge in [0, 0.05) is 37.7 Å². The van der Waals surface area contributed by atoms with Crippen molar-refractivity contribution < 1.29 is 9.84 Å². The van der Waals surface area contributed by atoms with Crippen molar-refractivity contribution >= 4 is 11.6 Å². The lowest BCUT2D eigenvalue weighted by Crippen LogP contribution is -2.39. The first-order valence-electron chi connectivity index (χ1n) is 6.15. The quantitative estimate of drug-likeness (QED) is 0.801. The van der Waals surface area contributed by atoms with Crippen molar-refractivity contribution in [1.82, 2.24) is 5.32 Å². The van der Waals surface area contributed by atoms with Gasteiger partial charge >= 0.3 is 0 Å². The SMILES string of the molecule is COCCC(C)(O)CNC(C)c1ccccc1Cl. The maximum absolute atomic E-state index is 10.1. The molecular formula is C14H22ClNO2. The zero-order valence-corrected chi connectivity index (χ0v) is 12.0. The molecule has 1 aromatic rings. The van der Waals surface area contributed by atoms with E-state index in [9.17, 15) is 5.11 Å². The Balaban J connectivity index is 2.51. The Morgan fingerprint density at radius 1 is 1.44 bits per heavy atom. The highest BCUT2D eigenvalue weighted by Gasteiger charge is 2.21. The summed E-state index contributed by atoms with van der Waals surface area (Å²) in [6.45, 7) is 4.89. The first kappa shape index (κ1) is 15.4. The maximum Gasteiger partial charge on any atom is 0.0765 e. The summed E-state index contributed by atoms with van der Waals surface area (Å²) >= 11 is 6.13. The molecule has 0 aromatic heterocycles. The molecule has 0 heterocycles. The normalized spacial score (nSPS) is 16.3. The molecule has 0 saturated heterocycles. The van der Waals surface area contributed by atoms with Gasteiger partial charge in [0.25, 0.3) is 0 Å². The van der Waals surface area contributed by atoms with Crippen molar-refractivity contribution in [3.63, 3.8) is 0 Å². The maximum atomic E-state index is 10.1. The van der Waals surface area contributed by atoms with E-state index in [4.69, 9.17) is 16.3 Å². The minimum Gasteiger partial charge on any atom is -0.389 e. The fourth-order valence-corrected chi connectivity index (χ4v) is 2.02. The van der Waals surface area contributed by atoms with Gasteiger partial charge in [-0.25, -0.2) is 0 Å². The van der Waals surface area contributed by atoms with E-state index in [1.807, 2.05) is 31.2 Å². The molecule has 2 N–H and O–H groups in total. The first-order valence-corrected chi connectivity index (χ1v) is 6.53. The number of aliphatic hydroxyl groups is 1. The van der Waals surface area contributed by atoms with Crippen molar-refractivity contribution in [1.29, 1.82) is 0 Å². The number of benzene rings is 1. The van der Waals surface area contributed by atoms with E-state index in [2.05, 4.69) is 5.32 Å². The molecule has 4 heteroatoms. The second-order valence-electron chi connectivity index (χ2n) is 4.86. The number of ether oxygens (including phenoxy) is 1. The number of hydrogen-bond donors (Lipinski definition) is 2. The van der Waals surface area contributed by atoms with Crippen molar-refractivity contribution in [3.8, 4) is 0 Å². The zero-order valence-electron chi connectivity index (χ0n) is 11.2. The number of rotatable bonds is 7. The van der Waals surface area contributed by atoms with E-state index in [1.54, 1.807) is 14.0 Å². The standard InChI is InChI=1S/C14H22ClNO2/c1-11(12-6-4-5-7-13(12)15)16-10-14(2,17)8-9-18-3/h4-7,11,16-17H,8-10H2,1-3H3. The van der Waals surface area contributed by atoms with Crippen LogP contribution >= 0.6 is 11.6 Å². The van der Waals surface area contributed by atoms with Crippen LogP contribution in [-0.4, -0.2) is 31.0 Å². The third-order valence-electron chi connectivity index (χ3n) is 3.01. The van der Waals surface area contributed by atoms with Crippen LogP contribution < -0.4 is 5.32 Å². The van der Waals surface area contributed by atoms with E-state index >= 15 is 0 Å². The van der Waals surface area contributed by atoms with Gasteiger partial charge in [0.1, 0.15) is 0 Å². The van der Waals surface area contributed by atoms with Gasteiger partial charge in [0.05, 0.1) is 5.60 Å². The molecule has 2 unspecified atom stereocenters. The molecule has 0 radical (unpaired) electrons. The Morgan fingerprint density at radius 2 is 2.11 bits per heavy atom. The predicted octanol–water partition coefficient (Wildman–Crippen LogP) is 2.78. The molecular weight excluding hydrogens is 250 g/mol. The van der Waals surface area contributed by atoms with E-state index in [-0.39, 0.29) is 6.04 Å². The number of nitrogens with one attached hydrogen (secondary N) is 1. The second-order valence-corrected chi connectivity index (χ2v) is 5.27. The molecule has 1 rings (SSSR count). The molecule has 0 spiro atoms.